The molecule has 2 N–H and O–H groups in total. The molecule has 36 heavy (non-hydrogen) atoms. The van der Waals surface area contributed by atoms with Gasteiger partial charge in [-0.3, -0.25) is 4.79 Å². The van der Waals surface area contributed by atoms with Gasteiger partial charge in [-0.2, -0.15) is 5.26 Å². The highest BCUT2D eigenvalue weighted by atomic mass is 16.6. The molecule has 2 aromatic carbocycles. The Bertz CT molecular complexity index is 1440. The van der Waals surface area contributed by atoms with Crippen LogP contribution >= 0.6 is 0 Å². The van der Waals surface area contributed by atoms with E-state index in [-0.39, 0.29) is 34.8 Å². The van der Waals surface area contributed by atoms with Gasteiger partial charge in [0.1, 0.15) is 23.1 Å². The first-order valence-electron chi connectivity index (χ1n) is 10.9. The molecular formula is C26H21N3O7. The third kappa shape index (κ3) is 2.51. The second kappa shape index (κ2) is 7.88. The number of nitrogens with two attached hydrogens (primary N) is 1. The highest BCUT2D eigenvalue weighted by Gasteiger charge is 2.82. The van der Waals surface area contributed by atoms with Crippen LogP contribution < -0.4 is 10.5 Å². The smallest absolute Gasteiger partial charge is 0.355 e. The van der Waals surface area contributed by atoms with Crippen molar-refractivity contribution in [2.75, 3.05) is 21.3 Å². The molecule has 3 aliphatic rings. The number of fused-ring (bicyclic) bond motifs is 1. The van der Waals surface area contributed by atoms with Crippen molar-refractivity contribution in [3.05, 3.63) is 87.9 Å². The molecule has 0 radical (unpaired) electrons. The average Bonchev–Trinajstić information content (AvgIpc) is 3.40. The van der Waals surface area contributed by atoms with Gasteiger partial charge >= 0.3 is 11.9 Å². The maximum Gasteiger partial charge on any atom is 0.355 e. The predicted molar refractivity (Wildman–Crippen MR) is 122 cm³/mol. The number of ketones is 1. The van der Waals surface area contributed by atoms with E-state index in [9.17, 15) is 19.6 Å². The lowest BCUT2D eigenvalue weighted by molar-refractivity contribution is -0.150. The van der Waals surface area contributed by atoms with E-state index in [2.05, 4.69) is 0 Å². The SMILES string of the molecule is COC(=O)C1=C(C(=O)OC)[C@]23C(=O)c4ccccc4[C@]2(OC(N)=C3C#N)N1Cc1ccc(OC)cc1. The first-order valence-corrected chi connectivity index (χ1v) is 10.9. The van der Waals surface area contributed by atoms with Crippen molar-refractivity contribution in [1.82, 2.24) is 4.90 Å². The average molecular weight is 487 g/mol. The summed E-state index contributed by atoms with van der Waals surface area (Å²) in [5.74, 6) is -2.18. The molecule has 182 valence electrons. The first kappa shape index (κ1) is 23.0. The summed E-state index contributed by atoms with van der Waals surface area (Å²) < 4.78 is 21.5. The Balaban J connectivity index is 1.88. The molecule has 0 unspecified atom stereocenters. The third-order valence-corrected chi connectivity index (χ3v) is 6.91. The number of hydrogen-bond acceptors (Lipinski definition) is 10. The molecule has 2 atom stereocenters. The summed E-state index contributed by atoms with van der Waals surface area (Å²) in [5, 5.41) is 10.2. The van der Waals surface area contributed by atoms with Crippen molar-refractivity contribution in [3.8, 4) is 11.8 Å². The minimum Gasteiger partial charge on any atom is -0.497 e. The van der Waals surface area contributed by atoms with Gasteiger partial charge in [-0.25, -0.2) is 9.59 Å². The molecule has 0 spiro atoms. The van der Waals surface area contributed by atoms with Gasteiger partial charge in [-0.05, 0) is 17.7 Å². The second-order valence-corrected chi connectivity index (χ2v) is 8.36. The summed E-state index contributed by atoms with van der Waals surface area (Å²) in [6, 6.07) is 15.6. The van der Waals surface area contributed by atoms with Crippen molar-refractivity contribution in [2.45, 2.75) is 12.3 Å². The van der Waals surface area contributed by atoms with Crippen LogP contribution in [0.4, 0.5) is 0 Å². The molecule has 2 aliphatic heterocycles. The Kier molecular flexibility index (Phi) is 5.03. The maximum atomic E-state index is 14.2. The first-order chi connectivity index (χ1) is 17.3. The lowest BCUT2D eigenvalue weighted by atomic mass is 9.68. The number of methoxy groups -OCH3 is 3. The highest BCUT2D eigenvalue weighted by molar-refractivity contribution is 6.19. The van der Waals surface area contributed by atoms with Gasteiger partial charge in [0.15, 0.2) is 11.2 Å². The van der Waals surface area contributed by atoms with Gasteiger partial charge in [0.2, 0.25) is 11.6 Å². The standard InChI is InChI=1S/C26H21N3O7/c1-33-15-10-8-14(9-11-15)13-29-20(24(32)35-3)19(23(31)34-2)25-18(12-27)22(28)36-26(25,29)17-7-5-4-6-16(17)21(25)30/h4-11H,13,28H2,1-3H3/t25-,26-/m1/s1. The topological polar surface area (TPSA) is 141 Å². The fourth-order valence-electron chi connectivity index (χ4n) is 5.53. The molecule has 0 amide bonds. The number of carbonyl (C=O) groups is 3. The van der Waals surface area contributed by atoms with Crippen molar-refractivity contribution < 1.29 is 33.3 Å². The van der Waals surface area contributed by atoms with Crippen LogP contribution in [-0.2, 0) is 36.1 Å². The van der Waals surface area contributed by atoms with Crippen LogP contribution in [0.25, 0.3) is 0 Å². The van der Waals surface area contributed by atoms with Gasteiger partial charge in [0.05, 0.1) is 26.9 Å². The van der Waals surface area contributed by atoms with Crippen LogP contribution in [-0.4, -0.2) is 44.0 Å². The molecule has 0 bridgehead atoms. The van der Waals surface area contributed by atoms with Crippen LogP contribution in [0, 0.1) is 16.7 Å². The number of carbonyl (C=O) groups excluding carboxylic acids is 3. The molecule has 5 rings (SSSR count). The molecule has 0 fully saturated rings. The number of rotatable bonds is 5. The summed E-state index contributed by atoms with van der Waals surface area (Å²) >= 11 is 0. The lowest BCUT2D eigenvalue weighted by Gasteiger charge is -2.41. The lowest BCUT2D eigenvalue weighted by Crippen LogP contribution is -2.52. The number of benzene rings is 2. The number of ether oxygens (including phenoxy) is 4. The molecule has 2 heterocycles. The Morgan fingerprint density at radius 3 is 2.33 bits per heavy atom. The number of hydrogen-bond donors (Lipinski definition) is 1. The van der Waals surface area contributed by atoms with E-state index in [1.807, 2.05) is 6.07 Å². The van der Waals surface area contributed by atoms with Crippen molar-refractivity contribution in [3.63, 3.8) is 0 Å². The Labute approximate surface area is 206 Å². The maximum absolute atomic E-state index is 14.2. The zero-order valence-corrected chi connectivity index (χ0v) is 19.7. The van der Waals surface area contributed by atoms with Gasteiger partial charge in [0.25, 0.3) is 0 Å². The molecule has 2 aromatic rings. The molecular weight excluding hydrogens is 466 g/mol. The minimum atomic E-state index is -2.07. The molecule has 0 saturated heterocycles. The third-order valence-electron chi connectivity index (χ3n) is 6.91. The highest BCUT2D eigenvalue weighted by Crippen LogP contribution is 2.70. The molecule has 0 aromatic heterocycles. The van der Waals surface area contributed by atoms with E-state index < -0.39 is 28.9 Å². The van der Waals surface area contributed by atoms with Crippen LogP contribution in [0.3, 0.4) is 0 Å². The fourth-order valence-corrected chi connectivity index (χ4v) is 5.53. The van der Waals surface area contributed by atoms with Crippen LogP contribution in [0.2, 0.25) is 0 Å². The van der Waals surface area contributed by atoms with E-state index in [4.69, 9.17) is 24.7 Å². The number of esters is 2. The van der Waals surface area contributed by atoms with Crippen molar-refractivity contribution in [1.29, 1.82) is 5.26 Å². The summed E-state index contributed by atoms with van der Waals surface area (Å²) in [6.45, 7) is -0.00965. The predicted octanol–water partition coefficient (Wildman–Crippen LogP) is 1.87. The van der Waals surface area contributed by atoms with Crippen LogP contribution in [0.1, 0.15) is 21.5 Å². The largest absolute Gasteiger partial charge is 0.497 e. The molecule has 1 aliphatic carbocycles. The normalized spacial score (nSPS) is 23.5. The Morgan fingerprint density at radius 2 is 1.72 bits per heavy atom. The number of nitriles is 1. The van der Waals surface area contributed by atoms with Gasteiger partial charge < -0.3 is 29.6 Å². The van der Waals surface area contributed by atoms with Crippen molar-refractivity contribution in [2.24, 2.45) is 11.1 Å². The van der Waals surface area contributed by atoms with E-state index in [1.165, 1.54) is 12.0 Å². The molecule has 0 saturated carbocycles. The van der Waals surface area contributed by atoms with Crippen LogP contribution in [0.15, 0.2) is 71.3 Å². The number of nitrogens with zero attached hydrogens (tertiary/aromatic N) is 2. The van der Waals surface area contributed by atoms with Crippen molar-refractivity contribution >= 4 is 17.7 Å². The molecule has 10 heteroatoms. The summed E-state index contributed by atoms with van der Waals surface area (Å²) in [5.41, 5.74) is 2.69. The number of Topliss-reactive ketones (excluding diaryl/α,β-unsaturated/α-hetero) is 1. The monoisotopic (exact) mass is 487 g/mol. The zero-order chi connectivity index (χ0) is 25.8. The van der Waals surface area contributed by atoms with E-state index in [1.54, 1.807) is 48.5 Å². The summed E-state index contributed by atoms with van der Waals surface area (Å²) in [6.07, 6.45) is 0. The van der Waals surface area contributed by atoms with Gasteiger partial charge in [0, 0.05) is 17.7 Å². The molecule has 10 nitrogen and oxygen atoms in total. The van der Waals surface area contributed by atoms with Gasteiger partial charge in [-0.15, -0.1) is 0 Å². The van der Waals surface area contributed by atoms with E-state index >= 15 is 0 Å². The second-order valence-electron chi connectivity index (χ2n) is 8.36. The van der Waals surface area contributed by atoms with Gasteiger partial charge in [-0.1, -0.05) is 36.4 Å². The quantitative estimate of drug-likeness (QED) is 0.621. The van der Waals surface area contributed by atoms with E-state index in [0.29, 0.717) is 16.9 Å². The fraction of sp³-hybridized carbons (Fsp3) is 0.231. The Morgan fingerprint density at radius 1 is 1.06 bits per heavy atom. The Hall–Kier alpha value is -4.78. The zero-order valence-electron chi connectivity index (χ0n) is 19.7. The minimum absolute atomic E-state index is 0.00965. The summed E-state index contributed by atoms with van der Waals surface area (Å²) in [7, 11) is 3.81. The van der Waals surface area contributed by atoms with Crippen LogP contribution in [0.5, 0.6) is 5.75 Å². The summed E-state index contributed by atoms with van der Waals surface area (Å²) in [4.78, 5) is 42.3. The van der Waals surface area contributed by atoms with E-state index in [0.717, 1.165) is 14.2 Å².